The van der Waals surface area contributed by atoms with E-state index in [2.05, 4.69) is 27.6 Å². The van der Waals surface area contributed by atoms with Crippen LogP contribution in [0.1, 0.15) is 19.8 Å². The summed E-state index contributed by atoms with van der Waals surface area (Å²) in [4.78, 5) is 13.9. The van der Waals surface area contributed by atoms with Crippen LogP contribution in [0, 0.1) is 5.92 Å². The fourth-order valence-electron chi connectivity index (χ4n) is 2.22. The first-order valence-electron chi connectivity index (χ1n) is 6.91. The molecule has 2 rings (SSSR count). The van der Waals surface area contributed by atoms with Gasteiger partial charge < -0.3 is 4.90 Å². The van der Waals surface area contributed by atoms with E-state index in [0.29, 0.717) is 19.0 Å². The summed E-state index contributed by atoms with van der Waals surface area (Å²) in [6, 6.07) is 6.31. The zero-order chi connectivity index (χ0) is 15.5. The van der Waals surface area contributed by atoms with Gasteiger partial charge in [-0.25, -0.2) is 13.1 Å². The molecule has 1 aromatic carbocycles. The van der Waals surface area contributed by atoms with E-state index < -0.39 is 10.0 Å². The van der Waals surface area contributed by atoms with E-state index in [1.54, 1.807) is 17.0 Å². The van der Waals surface area contributed by atoms with Crippen LogP contribution in [0.25, 0.3) is 0 Å². The van der Waals surface area contributed by atoms with Crippen molar-refractivity contribution in [1.29, 1.82) is 0 Å². The van der Waals surface area contributed by atoms with Gasteiger partial charge in [0.2, 0.25) is 15.9 Å². The topological polar surface area (TPSA) is 66.5 Å². The molecule has 0 spiro atoms. The van der Waals surface area contributed by atoms with E-state index >= 15 is 0 Å². The third-order valence-electron chi connectivity index (χ3n) is 3.67. The molecule has 1 aliphatic heterocycles. The van der Waals surface area contributed by atoms with Gasteiger partial charge in [-0.15, -0.1) is 0 Å². The highest BCUT2D eigenvalue weighted by atomic mass is 79.9. The summed E-state index contributed by atoms with van der Waals surface area (Å²) in [6.45, 7) is 3.39. The average molecular weight is 375 g/mol. The van der Waals surface area contributed by atoms with Crippen molar-refractivity contribution in [2.75, 3.05) is 19.6 Å². The Morgan fingerprint density at radius 2 is 1.86 bits per heavy atom. The van der Waals surface area contributed by atoms with Crippen molar-refractivity contribution >= 4 is 31.9 Å². The van der Waals surface area contributed by atoms with Gasteiger partial charge in [0, 0.05) is 17.6 Å². The van der Waals surface area contributed by atoms with Crippen molar-refractivity contribution in [3.63, 3.8) is 0 Å². The minimum absolute atomic E-state index is 0.158. The summed E-state index contributed by atoms with van der Waals surface area (Å²) in [5, 5.41) is 0. The number of piperidine rings is 1. The average Bonchev–Trinajstić information content (AvgIpc) is 2.46. The van der Waals surface area contributed by atoms with E-state index in [9.17, 15) is 13.2 Å². The van der Waals surface area contributed by atoms with Crippen LogP contribution in [-0.2, 0) is 14.8 Å². The molecule has 0 radical (unpaired) electrons. The standard InChI is InChI=1S/C14H19BrN2O3S/c1-11-6-8-17(9-7-11)14(18)10-16-21(19,20)13-4-2-12(15)3-5-13/h2-5,11,16H,6-10H2,1H3. The van der Waals surface area contributed by atoms with Crippen molar-refractivity contribution in [1.82, 2.24) is 9.62 Å². The number of amides is 1. The lowest BCUT2D eigenvalue weighted by Gasteiger charge is -2.30. The van der Waals surface area contributed by atoms with Crippen LogP contribution < -0.4 is 4.72 Å². The molecule has 0 bridgehead atoms. The number of carbonyl (C=O) groups is 1. The van der Waals surface area contributed by atoms with E-state index in [-0.39, 0.29) is 17.3 Å². The molecule has 7 heteroatoms. The maximum atomic E-state index is 12.1. The first-order valence-corrected chi connectivity index (χ1v) is 9.19. The van der Waals surface area contributed by atoms with Gasteiger partial charge in [-0.1, -0.05) is 22.9 Å². The van der Waals surface area contributed by atoms with Gasteiger partial charge in [0.05, 0.1) is 11.4 Å². The molecule has 116 valence electrons. The maximum absolute atomic E-state index is 12.1. The lowest BCUT2D eigenvalue weighted by molar-refractivity contribution is -0.131. The van der Waals surface area contributed by atoms with Crippen molar-refractivity contribution in [3.8, 4) is 0 Å². The highest BCUT2D eigenvalue weighted by Gasteiger charge is 2.22. The predicted octanol–water partition coefficient (Wildman–Crippen LogP) is 1.99. The Hall–Kier alpha value is -0.920. The second kappa shape index (κ2) is 6.89. The Morgan fingerprint density at radius 1 is 1.29 bits per heavy atom. The molecule has 1 N–H and O–H groups in total. The molecule has 0 saturated carbocycles. The second-order valence-corrected chi connectivity index (χ2v) is 8.02. The Morgan fingerprint density at radius 3 is 2.43 bits per heavy atom. The van der Waals surface area contributed by atoms with Crippen LogP contribution in [0.3, 0.4) is 0 Å². The first-order chi connectivity index (χ1) is 9.88. The van der Waals surface area contributed by atoms with Crippen molar-refractivity contribution < 1.29 is 13.2 Å². The molecular weight excluding hydrogens is 356 g/mol. The van der Waals surface area contributed by atoms with Gasteiger partial charge in [-0.05, 0) is 43.0 Å². The molecule has 0 aliphatic carbocycles. The number of rotatable bonds is 4. The van der Waals surface area contributed by atoms with Crippen molar-refractivity contribution in [2.45, 2.75) is 24.7 Å². The fourth-order valence-corrected chi connectivity index (χ4v) is 3.46. The SMILES string of the molecule is CC1CCN(C(=O)CNS(=O)(=O)c2ccc(Br)cc2)CC1. The molecule has 1 aliphatic rings. The lowest BCUT2D eigenvalue weighted by Crippen LogP contribution is -2.43. The van der Waals surface area contributed by atoms with Crippen molar-refractivity contribution in [2.24, 2.45) is 5.92 Å². The predicted molar refractivity (Wildman–Crippen MR) is 84.3 cm³/mol. The maximum Gasteiger partial charge on any atom is 0.241 e. The van der Waals surface area contributed by atoms with Crippen LogP contribution in [0.2, 0.25) is 0 Å². The van der Waals surface area contributed by atoms with Crippen LogP contribution in [0.15, 0.2) is 33.6 Å². The molecule has 0 unspecified atom stereocenters. The minimum Gasteiger partial charge on any atom is -0.342 e. The largest absolute Gasteiger partial charge is 0.342 e. The van der Waals surface area contributed by atoms with Crippen molar-refractivity contribution in [3.05, 3.63) is 28.7 Å². The van der Waals surface area contributed by atoms with E-state index in [0.717, 1.165) is 17.3 Å². The van der Waals surface area contributed by atoms with Gasteiger partial charge in [-0.2, -0.15) is 0 Å². The summed E-state index contributed by atoms with van der Waals surface area (Å²) in [5.74, 6) is 0.469. The molecule has 1 amide bonds. The van der Waals surface area contributed by atoms with Gasteiger partial charge in [0.25, 0.3) is 0 Å². The van der Waals surface area contributed by atoms with Crippen LogP contribution in [0.4, 0.5) is 0 Å². The summed E-state index contributed by atoms with van der Waals surface area (Å²) in [5.41, 5.74) is 0. The highest BCUT2D eigenvalue weighted by molar-refractivity contribution is 9.10. The smallest absolute Gasteiger partial charge is 0.241 e. The zero-order valence-electron chi connectivity index (χ0n) is 11.9. The molecular formula is C14H19BrN2O3S. The molecule has 0 atom stereocenters. The molecule has 5 nitrogen and oxygen atoms in total. The van der Waals surface area contributed by atoms with E-state index in [1.807, 2.05) is 0 Å². The molecule has 1 heterocycles. The summed E-state index contributed by atoms with van der Waals surface area (Å²) >= 11 is 3.26. The Labute approximate surface area is 133 Å². The monoisotopic (exact) mass is 374 g/mol. The number of sulfonamides is 1. The summed E-state index contributed by atoms with van der Waals surface area (Å²) in [7, 11) is -3.64. The Bertz CT molecular complexity index is 593. The lowest BCUT2D eigenvalue weighted by atomic mass is 9.99. The number of hydrogen-bond acceptors (Lipinski definition) is 3. The molecule has 0 aromatic heterocycles. The van der Waals surface area contributed by atoms with Crippen LogP contribution in [-0.4, -0.2) is 38.9 Å². The highest BCUT2D eigenvalue weighted by Crippen LogP contribution is 2.16. The zero-order valence-corrected chi connectivity index (χ0v) is 14.3. The second-order valence-electron chi connectivity index (χ2n) is 5.34. The van der Waals surface area contributed by atoms with Gasteiger partial charge in [0.15, 0.2) is 0 Å². The molecule has 21 heavy (non-hydrogen) atoms. The third-order valence-corrected chi connectivity index (χ3v) is 5.62. The number of carbonyl (C=O) groups excluding carboxylic acids is 1. The first kappa shape index (κ1) is 16.5. The van der Waals surface area contributed by atoms with Gasteiger partial charge in [-0.3, -0.25) is 4.79 Å². The number of nitrogens with zero attached hydrogens (tertiary/aromatic N) is 1. The van der Waals surface area contributed by atoms with E-state index in [4.69, 9.17) is 0 Å². The fraction of sp³-hybridized carbons (Fsp3) is 0.500. The van der Waals surface area contributed by atoms with Gasteiger partial charge in [0.1, 0.15) is 0 Å². The van der Waals surface area contributed by atoms with Gasteiger partial charge >= 0.3 is 0 Å². The number of halogens is 1. The minimum atomic E-state index is -3.64. The number of likely N-dealkylation sites (tertiary alicyclic amines) is 1. The molecule has 1 saturated heterocycles. The van der Waals surface area contributed by atoms with Crippen LogP contribution >= 0.6 is 15.9 Å². The molecule has 1 aromatic rings. The van der Waals surface area contributed by atoms with E-state index in [1.165, 1.54) is 12.1 Å². The Balaban J connectivity index is 1.92. The normalized spacial score (nSPS) is 17.0. The number of benzene rings is 1. The summed E-state index contributed by atoms with van der Waals surface area (Å²) in [6.07, 6.45) is 1.95. The number of nitrogens with one attached hydrogen (secondary N) is 1. The van der Waals surface area contributed by atoms with Crippen LogP contribution in [0.5, 0.6) is 0 Å². The molecule has 1 fully saturated rings. The summed E-state index contributed by atoms with van der Waals surface area (Å²) < 4.78 is 27.3. The quantitative estimate of drug-likeness (QED) is 0.875. The Kier molecular flexibility index (Phi) is 5.40. The third kappa shape index (κ3) is 4.52. The number of hydrogen-bond donors (Lipinski definition) is 1.